The second kappa shape index (κ2) is 14.1. The minimum Gasteiger partial charge on any atom is -0.442 e. The van der Waals surface area contributed by atoms with Gasteiger partial charge in [-0.3, -0.25) is 34.6 Å². The lowest BCUT2D eigenvalue weighted by Gasteiger charge is -2.19. The normalized spacial score (nSPS) is 11.2. The first-order valence-corrected chi connectivity index (χ1v) is 11.1. The summed E-state index contributed by atoms with van der Waals surface area (Å²) in [5.74, 6) is -1.40. The number of hydrogen-bond acceptors (Lipinski definition) is 9. The van der Waals surface area contributed by atoms with Gasteiger partial charge < -0.3 is 20.7 Å². The van der Waals surface area contributed by atoms with Crippen LogP contribution in [0.15, 0.2) is 48.5 Å². The van der Waals surface area contributed by atoms with Crippen molar-refractivity contribution in [2.75, 3.05) is 19.6 Å². The van der Waals surface area contributed by atoms with Gasteiger partial charge in [0.15, 0.2) is 6.23 Å². The van der Waals surface area contributed by atoms with E-state index in [9.17, 15) is 34.6 Å². The first-order valence-electron chi connectivity index (χ1n) is 11.1. The molecule has 0 bridgehead atoms. The number of esters is 1. The van der Waals surface area contributed by atoms with Crippen LogP contribution in [0.3, 0.4) is 0 Å². The van der Waals surface area contributed by atoms with E-state index in [1.165, 1.54) is 55.5 Å². The number of amides is 2. The summed E-state index contributed by atoms with van der Waals surface area (Å²) in [7, 11) is 0. The lowest BCUT2D eigenvalue weighted by molar-refractivity contribution is -0.385. The standard InChI is InChI=1S/C23H27N5O8/c1-16(29)36-21(26-23(31)18-6-10-20(11-7-18)28(34)35)12-15-24-13-2-3-14-25-22(30)17-4-8-19(9-5-17)27(32)33/h4-11,21,24H,2-3,12-15H2,1H3,(H,25,30)(H,26,31). The van der Waals surface area contributed by atoms with Crippen LogP contribution >= 0.6 is 0 Å². The molecule has 13 heteroatoms. The highest BCUT2D eigenvalue weighted by atomic mass is 16.6. The topological polar surface area (TPSA) is 183 Å². The molecule has 2 aromatic rings. The molecule has 0 aliphatic rings. The molecule has 0 fully saturated rings. The summed E-state index contributed by atoms with van der Waals surface area (Å²) < 4.78 is 5.13. The van der Waals surface area contributed by atoms with Gasteiger partial charge >= 0.3 is 5.97 Å². The van der Waals surface area contributed by atoms with Crippen molar-refractivity contribution in [3.8, 4) is 0 Å². The summed E-state index contributed by atoms with van der Waals surface area (Å²) in [5, 5.41) is 29.9. The number of nitro benzene ring substituents is 2. The SMILES string of the molecule is CC(=O)OC(CCNCCCCNC(=O)c1ccc([N+](=O)[O-])cc1)NC(=O)c1ccc([N+](=O)[O-])cc1. The van der Waals surface area contributed by atoms with Crippen molar-refractivity contribution in [3.05, 3.63) is 79.9 Å². The molecule has 36 heavy (non-hydrogen) atoms. The summed E-state index contributed by atoms with van der Waals surface area (Å²) >= 11 is 0. The molecule has 0 saturated carbocycles. The maximum atomic E-state index is 12.4. The van der Waals surface area contributed by atoms with Crippen LogP contribution in [0.4, 0.5) is 11.4 Å². The summed E-state index contributed by atoms with van der Waals surface area (Å²) in [6.45, 7) is 2.71. The number of nitrogens with zero attached hydrogens (tertiary/aromatic N) is 2. The van der Waals surface area contributed by atoms with Gasteiger partial charge in [-0.05, 0) is 43.7 Å². The second-order valence-electron chi connectivity index (χ2n) is 7.68. The number of hydrogen-bond donors (Lipinski definition) is 3. The van der Waals surface area contributed by atoms with Crippen LogP contribution in [-0.2, 0) is 9.53 Å². The zero-order valence-corrected chi connectivity index (χ0v) is 19.6. The van der Waals surface area contributed by atoms with Gasteiger partial charge in [0.2, 0.25) is 0 Å². The fourth-order valence-corrected chi connectivity index (χ4v) is 3.10. The molecular formula is C23H27N5O8. The molecule has 0 aliphatic heterocycles. The van der Waals surface area contributed by atoms with Crippen LogP contribution in [0, 0.1) is 20.2 Å². The number of nitrogens with one attached hydrogen (secondary N) is 3. The van der Waals surface area contributed by atoms with Crippen LogP contribution < -0.4 is 16.0 Å². The third kappa shape index (κ3) is 9.46. The Morgan fingerprint density at radius 1 is 0.806 bits per heavy atom. The third-order valence-corrected chi connectivity index (χ3v) is 4.93. The van der Waals surface area contributed by atoms with Gasteiger partial charge in [-0.25, -0.2) is 0 Å². The first-order chi connectivity index (χ1) is 17.2. The fraction of sp³-hybridized carbons (Fsp3) is 0.348. The Labute approximate surface area is 206 Å². The number of rotatable bonds is 14. The molecule has 1 unspecified atom stereocenters. The van der Waals surface area contributed by atoms with Gasteiger partial charge in [0, 0.05) is 61.8 Å². The van der Waals surface area contributed by atoms with Gasteiger partial charge in [0.25, 0.3) is 23.2 Å². The largest absolute Gasteiger partial charge is 0.442 e. The van der Waals surface area contributed by atoms with Crippen molar-refractivity contribution in [2.45, 2.75) is 32.4 Å². The molecule has 0 saturated heterocycles. The Morgan fingerprint density at radius 2 is 1.31 bits per heavy atom. The number of unbranched alkanes of at least 4 members (excludes halogenated alkanes) is 1. The second-order valence-corrected chi connectivity index (χ2v) is 7.68. The summed E-state index contributed by atoms with van der Waals surface area (Å²) in [5.41, 5.74) is 0.310. The minimum atomic E-state index is -0.876. The Hall–Kier alpha value is -4.39. The highest BCUT2D eigenvalue weighted by molar-refractivity contribution is 5.95. The lowest BCUT2D eigenvalue weighted by Crippen LogP contribution is -2.40. The van der Waals surface area contributed by atoms with Crippen molar-refractivity contribution >= 4 is 29.2 Å². The number of carbonyl (C=O) groups is 3. The smallest absolute Gasteiger partial charge is 0.304 e. The molecule has 0 aromatic heterocycles. The van der Waals surface area contributed by atoms with Gasteiger partial charge in [0.05, 0.1) is 9.85 Å². The third-order valence-electron chi connectivity index (χ3n) is 4.93. The fourth-order valence-electron chi connectivity index (χ4n) is 3.10. The van der Waals surface area contributed by atoms with Crippen molar-refractivity contribution < 1.29 is 29.0 Å². The van der Waals surface area contributed by atoms with Crippen molar-refractivity contribution in [3.63, 3.8) is 0 Å². The number of non-ortho nitro benzene ring substituents is 2. The lowest BCUT2D eigenvalue weighted by atomic mass is 10.2. The average Bonchev–Trinajstić information content (AvgIpc) is 2.85. The van der Waals surface area contributed by atoms with Gasteiger partial charge in [-0.15, -0.1) is 0 Å². The van der Waals surface area contributed by atoms with Crippen LogP contribution in [0.25, 0.3) is 0 Å². The molecule has 2 rings (SSSR count). The number of carbonyl (C=O) groups excluding carboxylic acids is 3. The summed E-state index contributed by atoms with van der Waals surface area (Å²) in [6.07, 6.45) is 0.859. The van der Waals surface area contributed by atoms with Crippen LogP contribution in [0.1, 0.15) is 46.9 Å². The quantitative estimate of drug-likeness (QED) is 0.115. The van der Waals surface area contributed by atoms with E-state index in [1.807, 2.05) is 0 Å². The van der Waals surface area contributed by atoms with Crippen LogP contribution in [0.2, 0.25) is 0 Å². The summed E-state index contributed by atoms with van der Waals surface area (Å²) in [4.78, 5) is 56.1. The van der Waals surface area contributed by atoms with Gasteiger partial charge in [0.1, 0.15) is 0 Å². The predicted molar refractivity (Wildman–Crippen MR) is 128 cm³/mol. The van der Waals surface area contributed by atoms with Crippen molar-refractivity contribution in [2.24, 2.45) is 0 Å². The molecule has 0 heterocycles. The molecule has 3 N–H and O–H groups in total. The van der Waals surface area contributed by atoms with Crippen LogP contribution in [0.5, 0.6) is 0 Å². The van der Waals surface area contributed by atoms with Gasteiger partial charge in [-0.2, -0.15) is 0 Å². The van der Waals surface area contributed by atoms with Gasteiger partial charge in [-0.1, -0.05) is 0 Å². The van der Waals surface area contributed by atoms with Crippen LogP contribution in [-0.4, -0.2) is 53.5 Å². The van der Waals surface area contributed by atoms with E-state index in [-0.39, 0.29) is 22.8 Å². The maximum absolute atomic E-state index is 12.4. The van der Waals surface area contributed by atoms with E-state index in [2.05, 4.69) is 16.0 Å². The Bertz CT molecular complexity index is 1070. The minimum absolute atomic E-state index is 0.0838. The summed E-state index contributed by atoms with van der Waals surface area (Å²) in [6, 6.07) is 10.4. The monoisotopic (exact) mass is 501 g/mol. The molecular weight excluding hydrogens is 474 g/mol. The molecule has 0 spiro atoms. The van der Waals surface area contributed by atoms with E-state index in [0.717, 1.165) is 6.42 Å². The molecule has 2 amide bonds. The van der Waals surface area contributed by atoms with E-state index in [4.69, 9.17) is 4.74 Å². The highest BCUT2D eigenvalue weighted by Crippen LogP contribution is 2.13. The zero-order chi connectivity index (χ0) is 26.5. The highest BCUT2D eigenvalue weighted by Gasteiger charge is 2.17. The number of nitro groups is 2. The maximum Gasteiger partial charge on any atom is 0.304 e. The molecule has 1 atom stereocenters. The van der Waals surface area contributed by atoms with E-state index >= 15 is 0 Å². The van der Waals surface area contributed by atoms with Crippen molar-refractivity contribution in [1.82, 2.24) is 16.0 Å². The first kappa shape index (κ1) is 27.9. The Balaban J connectivity index is 1.66. The molecule has 0 aliphatic carbocycles. The average molecular weight is 501 g/mol. The molecule has 192 valence electrons. The number of benzene rings is 2. The molecule has 13 nitrogen and oxygen atoms in total. The molecule has 0 radical (unpaired) electrons. The predicted octanol–water partition coefficient (Wildman–Crippen LogP) is 2.31. The Morgan fingerprint density at radius 3 is 1.81 bits per heavy atom. The number of ether oxygens (including phenoxy) is 1. The zero-order valence-electron chi connectivity index (χ0n) is 19.6. The van der Waals surface area contributed by atoms with E-state index in [1.54, 1.807) is 0 Å². The Kier molecular flexibility index (Phi) is 10.9. The molecule has 2 aromatic carbocycles. The van der Waals surface area contributed by atoms with E-state index < -0.39 is 28.0 Å². The van der Waals surface area contributed by atoms with Crippen molar-refractivity contribution in [1.29, 1.82) is 0 Å². The van der Waals surface area contributed by atoms with E-state index in [0.29, 0.717) is 38.0 Å².